The van der Waals surface area contributed by atoms with Gasteiger partial charge in [-0.1, -0.05) is 0 Å². The van der Waals surface area contributed by atoms with Crippen molar-refractivity contribution in [3.63, 3.8) is 0 Å². The Balaban J connectivity index is 0.000000155. The van der Waals surface area contributed by atoms with Gasteiger partial charge in [0.05, 0.1) is 66.5 Å². The van der Waals surface area contributed by atoms with Crippen molar-refractivity contribution in [3.8, 4) is 23.0 Å². The molecule has 632 valence electrons. The van der Waals surface area contributed by atoms with Crippen LogP contribution in [0.3, 0.4) is 0 Å². The van der Waals surface area contributed by atoms with Gasteiger partial charge >= 0.3 is 65.1 Å². The number of benzene rings is 8. The molecule has 0 amide bonds. The molecule has 0 atom stereocenters. The number of allylic oxidation sites excluding steroid dienone is 8. The van der Waals surface area contributed by atoms with Crippen molar-refractivity contribution in [1.82, 2.24) is 0 Å². The number of halogens is 22. The van der Waals surface area contributed by atoms with Gasteiger partial charge in [-0.3, -0.25) is 14.4 Å². The topological polar surface area (TPSA) is 132 Å². The van der Waals surface area contributed by atoms with Crippen LogP contribution in [0.2, 0.25) is 0 Å². The van der Waals surface area contributed by atoms with Crippen molar-refractivity contribution in [2.24, 2.45) is 0 Å². The van der Waals surface area contributed by atoms with Gasteiger partial charge in [0.1, 0.15) is 23.0 Å². The second-order valence-corrected chi connectivity index (χ2v) is 32.7. The summed E-state index contributed by atoms with van der Waals surface area (Å²) < 4.78 is 356. The minimum Gasteiger partial charge on any atom is -0.506 e. The molecule has 7 aliphatic rings. The Bertz CT molecular complexity index is 5910. The zero-order valence-corrected chi connectivity index (χ0v) is 68.3. The van der Waals surface area contributed by atoms with Gasteiger partial charge in [0.15, 0.2) is 17.3 Å². The molecule has 0 aliphatic heterocycles. The van der Waals surface area contributed by atoms with Gasteiger partial charge in [-0.05, 0) is 300 Å². The van der Waals surface area contributed by atoms with Crippen LogP contribution in [0.4, 0.5) is 96.6 Å². The third kappa shape index (κ3) is 10.1. The van der Waals surface area contributed by atoms with Crippen LogP contribution < -0.4 is 0 Å². The standard InChI is InChI=1S/C30H24F12.C30H24F10O.C30H28O6/c1-9-10(2)14(6)18-17(13(9)5)25(31,32)21-22(26(18,33)34)30(41,42)24-23(29(21,39)40)27(35,36)19-15(7)11(3)12(4)16(8)20(19)28(24,37)38;1-9-11(3)15(7)19-17(13(9)5)26(31,32)21-23(41)22-25(30(39,40)24(21)28(19,35)36)29(37,38)20-16(8)12(4)10(2)14(6)18(20)27(22,33)34;1-9-10(2)14(6)18-17(13(9)5)25(31)21-22(26(18)32)30(36)24-23(29(21)35)27(33)19-15(7)11(3)12(4)16(8)20(19)28(24)34/h1-8H3;1-8H3;31-32,35-36H,1-8H3. The highest BCUT2D eigenvalue weighted by Crippen LogP contribution is 2.75. The fraction of sp³-hybridized carbons (Fsp3) is 0.389. The molecule has 7 nitrogen and oxygen atoms in total. The molecule has 0 fully saturated rings. The summed E-state index contributed by atoms with van der Waals surface area (Å²) in [5.74, 6) is -65.2. The first-order valence-corrected chi connectivity index (χ1v) is 37.2. The number of Topliss-reactive ketones (excluding diaryl/α,β-unsaturated/α-hetero) is 1. The lowest BCUT2D eigenvalue weighted by Gasteiger charge is -2.50. The molecule has 7 aliphatic carbocycles. The highest BCUT2D eigenvalue weighted by atomic mass is 19.3. The molecule has 0 heterocycles. The van der Waals surface area contributed by atoms with E-state index in [1.807, 2.05) is 27.7 Å². The number of carbonyl (C=O) groups is 3. The second kappa shape index (κ2) is 25.3. The molecule has 4 N–H and O–H groups in total. The summed E-state index contributed by atoms with van der Waals surface area (Å²) in [7, 11) is 0. The summed E-state index contributed by atoms with van der Waals surface area (Å²) in [6.07, 6.45) is 0. The summed E-state index contributed by atoms with van der Waals surface area (Å²) in [5.41, 5.74) is -35.8. The number of aryl methyl sites for hydroxylation is 2. The van der Waals surface area contributed by atoms with Crippen molar-refractivity contribution in [3.05, 3.63) is 245 Å². The molecule has 0 radical (unpaired) electrons. The predicted octanol–water partition coefficient (Wildman–Crippen LogP) is 25.2. The van der Waals surface area contributed by atoms with E-state index < -0.39 is 228 Å². The first kappa shape index (κ1) is 86.7. The summed E-state index contributed by atoms with van der Waals surface area (Å²) >= 11 is 0. The molecule has 0 spiro atoms. The van der Waals surface area contributed by atoms with Gasteiger partial charge in [0.2, 0.25) is 0 Å². The number of aromatic hydroxyl groups is 4. The van der Waals surface area contributed by atoms with Crippen molar-refractivity contribution in [2.75, 3.05) is 0 Å². The highest BCUT2D eigenvalue weighted by Gasteiger charge is 2.81. The lowest BCUT2D eigenvalue weighted by Crippen LogP contribution is -2.58. The number of ketones is 3. The van der Waals surface area contributed by atoms with Crippen LogP contribution >= 0.6 is 0 Å². The van der Waals surface area contributed by atoms with E-state index in [4.69, 9.17) is 0 Å². The van der Waals surface area contributed by atoms with E-state index in [-0.39, 0.29) is 89.0 Å². The minimum atomic E-state index is -6.04. The van der Waals surface area contributed by atoms with Crippen LogP contribution in [-0.2, 0) is 52.2 Å². The Morgan fingerprint density at radius 2 is 0.319 bits per heavy atom. The largest absolute Gasteiger partial charge is 0.506 e. The zero-order chi connectivity index (χ0) is 90.3. The number of rotatable bonds is 0. The molecule has 0 aromatic heterocycles. The molecule has 0 unspecified atom stereocenters. The Morgan fingerprint density at radius 1 is 0.160 bits per heavy atom. The normalized spacial score (nSPS) is 20.1. The third-order valence-electron chi connectivity index (χ3n) is 27.8. The van der Waals surface area contributed by atoms with Gasteiger partial charge in [-0.25, -0.2) is 0 Å². The number of hydrogen-bond donors (Lipinski definition) is 4. The number of carbonyl (C=O) groups excluding carboxylic acids is 3. The molecule has 29 heteroatoms. The lowest BCUT2D eigenvalue weighted by atomic mass is 9.61. The summed E-state index contributed by atoms with van der Waals surface area (Å²) in [4.78, 5) is 41.2. The predicted molar refractivity (Wildman–Crippen MR) is 400 cm³/mol. The molecule has 8 aromatic carbocycles. The van der Waals surface area contributed by atoms with E-state index in [0.717, 1.165) is 77.6 Å². The quantitative estimate of drug-likeness (QED) is 0.0514. The van der Waals surface area contributed by atoms with Crippen molar-refractivity contribution in [2.45, 2.75) is 231 Å². The third-order valence-corrected chi connectivity index (χ3v) is 27.8. The molecule has 0 bridgehead atoms. The first-order chi connectivity index (χ1) is 53.9. The fourth-order valence-corrected chi connectivity index (χ4v) is 19.7. The molecule has 0 saturated heterocycles. The Kier molecular flexibility index (Phi) is 18.4. The van der Waals surface area contributed by atoms with Crippen LogP contribution in [0.15, 0.2) is 44.6 Å². The van der Waals surface area contributed by atoms with Crippen molar-refractivity contribution < 1.29 is 131 Å². The average molecular weight is 1690 g/mol. The summed E-state index contributed by atoms with van der Waals surface area (Å²) in [6.45, 7) is 32.3. The Labute approximate surface area is 666 Å². The van der Waals surface area contributed by atoms with E-state index in [0.29, 0.717) is 33.0 Å². The highest BCUT2D eigenvalue weighted by molar-refractivity contribution is 6.35. The fourth-order valence-electron chi connectivity index (χ4n) is 19.7. The van der Waals surface area contributed by atoms with Gasteiger partial charge in [0, 0.05) is 66.4 Å². The molecule has 15 rings (SSSR count). The smallest absolute Gasteiger partial charge is 0.304 e. The van der Waals surface area contributed by atoms with Gasteiger partial charge in [0.25, 0.3) is 0 Å². The van der Waals surface area contributed by atoms with Crippen molar-refractivity contribution in [1.29, 1.82) is 0 Å². The molecule has 119 heavy (non-hydrogen) atoms. The lowest BCUT2D eigenvalue weighted by molar-refractivity contribution is -0.139. The molecule has 8 aromatic rings. The van der Waals surface area contributed by atoms with Gasteiger partial charge in [-0.15, -0.1) is 0 Å². The first-order valence-electron chi connectivity index (χ1n) is 37.2. The van der Waals surface area contributed by atoms with Crippen LogP contribution in [0.1, 0.15) is 210 Å². The summed E-state index contributed by atoms with van der Waals surface area (Å²) in [6, 6.07) is 0. The van der Waals surface area contributed by atoms with E-state index in [2.05, 4.69) is 0 Å². The monoisotopic (exact) mass is 1690 g/mol. The van der Waals surface area contributed by atoms with Gasteiger partial charge in [-0.2, -0.15) is 96.6 Å². The van der Waals surface area contributed by atoms with E-state index in [1.54, 1.807) is 27.7 Å². The maximum absolute atomic E-state index is 16.2. The number of hydrogen-bond acceptors (Lipinski definition) is 7. The minimum absolute atomic E-state index is 0.0445. The van der Waals surface area contributed by atoms with Crippen LogP contribution in [0, 0.1) is 166 Å². The van der Waals surface area contributed by atoms with Crippen LogP contribution in [0.5, 0.6) is 23.0 Å². The van der Waals surface area contributed by atoms with E-state index >= 15 is 96.6 Å². The Morgan fingerprint density at radius 3 is 0.521 bits per heavy atom. The zero-order valence-electron chi connectivity index (χ0n) is 68.3. The number of phenolic OH excluding ortho intramolecular Hbond substituents is 4. The Hall–Kier alpha value is -10.1. The maximum atomic E-state index is 16.2. The number of fused-ring (bicyclic) bond motifs is 8. The van der Waals surface area contributed by atoms with E-state index in [1.165, 1.54) is 55.4 Å². The number of alkyl halides is 22. The molecular formula is C90H76F22O7. The average Bonchev–Trinajstić information content (AvgIpc) is 0.658. The molecule has 0 saturated carbocycles. The van der Waals surface area contributed by atoms with Crippen LogP contribution in [0.25, 0.3) is 21.5 Å². The summed E-state index contributed by atoms with van der Waals surface area (Å²) in [5, 5.41) is 45.8. The van der Waals surface area contributed by atoms with Gasteiger partial charge < -0.3 is 20.4 Å². The van der Waals surface area contributed by atoms with Crippen LogP contribution in [-0.4, -0.2) is 55.5 Å². The van der Waals surface area contributed by atoms with E-state index in [9.17, 15) is 34.8 Å². The molecular weight excluding hydrogens is 1610 g/mol. The number of phenols is 4. The second-order valence-electron chi connectivity index (χ2n) is 32.7. The maximum Gasteiger partial charge on any atom is 0.304 e. The van der Waals surface area contributed by atoms with Crippen molar-refractivity contribution >= 4 is 38.9 Å². The SMILES string of the molecule is Cc1c(C)c(C)c2c(c1C)C(=O)c1c(c(O)c3c(O)c4c(C)c(C)c(C)c(C)c4c(O)c3c1O)C2=O.Cc1c(C)c(C)c2c(c1C)C(F)(F)C1=C(C(F)(F)C3=C(C1(F)F)C(F)(F)c1c(C)c(C)c(C)c(C)c1C3(F)F)C2(F)F.Cc1c(C)c(C)c2c(c1C)C(F)(F)C1=C(C(F)(F)C3=C(C1=O)C(F)(F)c1c(C)c(C)c(C)c(C)c1C3(F)F)C2(F)F.